The van der Waals surface area contributed by atoms with Crippen LogP contribution in [0.2, 0.25) is 0 Å². The van der Waals surface area contributed by atoms with Crippen LogP contribution in [0.5, 0.6) is 0 Å². The molecule has 1 fully saturated rings. The summed E-state index contributed by atoms with van der Waals surface area (Å²) in [6, 6.07) is 0.495. The molecule has 1 saturated carbocycles. The summed E-state index contributed by atoms with van der Waals surface area (Å²) < 4.78 is 2.02. The number of aromatic nitrogens is 3. The van der Waals surface area contributed by atoms with Crippen LogP contribution < -0.4 is 10.6 Å². The Labute approximate surface area is 119 Å². The maximum Gasteiger partial charge on any atom is 0.180 e. The van der Waals surface area contributed by atoms with Gasteiger partial charge < -0.3 is 15.0 Å². The number of nitrogens with one attached hydrogen (secondary N) is 2. The lowest BCUT2D eigenvalue weighted by molar-refractivity contribution is 0.435. The van der Waals surface area contributed by atoms with Gasteiger partial charge in [0.25, 0.3) is 0 Å². The molecule has 2 aromatic rings. The Morgan fingerprint density at radius 2 is 2.20 bits per heavy atom. The van der Waals surface area contributed by atoms with Crippen molar-refractivity contribution < 1.29 is 0 Å². The van der Waals surface area contributed by atoms with Gasteiger partial charge in [-0.25, -0.2) is 9.97 Å². The Hall–Kier alpha value is -1.78. The smallest absolute Gasteiger partial charge is 0.180 e. The third-order valence-corrected chi connectivity index (χ3v) is 4.52. The largest absolute Gasteiger partial charge is 0.369 e. The summed E-state index contributed by atoms with van der Waals surface area (Å²) in [6.45, 7) is 7.60. The van der Waals surface area contributed by atoms with Gasteiger partial charge in [-0.05, 0) is 31.6 Å². The van der Waals surface area contributed by atoms with Crippen molar-refractivity contribution in [1.29, 1.82) is 0 Å². The van der Waals surface area contributed by atoms with Gasteiger partial charge in [-0.2, -0.15) is 0 Å². The predicted octanol–water partition coefficient (Wildman–Crippen LogP) is 3.01. The summed E-state index contributed by atoms with van der Waals surface area (Å²) in [4.78, 5) is 9.10. The molecule has 2 aromatic heterocycles. The molecule has 108 valence electrons. The summed E-state index contributed by atoms with van der Waals surface area (Å²) >= 11 is 0. The average molecular weight is 273 g/mol. The van der Waals surface area contributed by atoms with E-state index in [1.165, 1.54) is 12.8 Å². The summed E-state index contributed by atoms with van der Waals surface area (Å²) in [5.74, 6) is 3.23. The van der Waals surface area contributed by atoms with Gasteiger partial charge in [0.05, 0.1) is 6.20 Å². The molecule has 2 heterocycles. The van der Waals surface area contributed by atoms with E-state index in [1.807, 2.05) is 23.0 Å². The zero-order valence-electron chi connectivity index (χ0n) is 12.4. The molecule has 3 unspecified atom stereocenters. The molecule has 0 radical (unpaired) electrons. The first-order valence-electron chi connectivity index (χ1n) is 7.53. The molecule has 0 aromatic carbocycles. The van der Waals surface area contributed by atoms with Crippen molar-refractivity contribution in [2.24, 2.45) is 11.8 Å². The molecular formula is C15H23N5. The van der Waals surface area contributed by atoms with E-state index in [4.69, 9.17) is 0 Å². The number of nitrogens with zero attached hydrogens (tertiary/aromatic N) is 3. The normalized spacial score (nSPS) is 26.1. The van der Waals surface area contributed by atoms with Gasteiger partial charge in [0.2, 0.25) is 0 Å². The highest BCUT2D eigenvalue weighted by Crippen LogP contribution is 2.33. The second kappa shape index (κ2) is 5.31. The number of anilines is 2. The average Bonchev–Trinajstić information content (AvgIpc) is 3.01. The van der Waals surface area contributed by atoms with Crippen LogP contribution in [0.3, 0.4) is 0 Å². The predicted molar refractivity (Wildman–Crippen MR) is 82.1 cm³/mol. The Balaban J connectivity index is 1.91. The van der Waals surface area contributed by atoms with E-state index in [0.717, 1.165) is 29.7 Å². The summed E-state index contributed by atoms with van der Waals surface area (Å²) in [5, 5.41) is 6.89. The third-order valence-electron chi connectivity index (χ3n) is 4.52. The van der Waals surface area contributed by atoms with E-state index in [0.29, 0.717) is 12.0 Å². The van der Waals surface area contributed by atoms with Crippen molar-refractivity contribution in [3.8, 4) is 0 Å². The van der Waals surface area contributed by atoms with Gasteiger partial charge in [0, 0.05) is 25.0 Å². The molecule has 5 heteroatoms. The van der Waals surface area contributed by atoms with Crippen molar-refractivity contribution in [3.05, 3.63) is 18.6 Å². The minimum absolute atomic E-state index is 0.495. The molecule has 0 aliphatic heterocycles. The lowest BCUT2D eigenvalue weighted by Gasteiger charge is -2.21. The van der Waals surface area contributed by atoms with Crippen molar-refractivity contribution >= 4 is 17.3 Å². The molecule has 1 aliphatic carbocycles. The van der Waals surface area contributed by atoms with E-state index >= 15 is 0 Å². The molecule has 20 heavy (non-hydrogen) atoms. The van der Waals surface area contributed by atoms with Gasteiger partial charge in [0.15, 0.2) is 11.5 Å². The Bertz CT molecular complexity index is 591. The zero-order valence-corrected chi connectivity index (χ0v) is 12.4. The van der Waals surface area contributed by atoms with Crippen LogP contribution in [0.4, 0.5) is 11.6 Å². The fraction of sp³-hybridized carbons (Fsp3) is 0.600. The van der Waals surface area contributed by atoms with E-state index in [-0.39, 0.29) is 0 Å². The van der Waals surface area contributed by atoms with Gasteiger partial charge in [-0.15, -0.1) is 0 Å². The number of rotatable bonds is 4. The van der Waals surface area contributed by atoms with Crippen LogP contribution >= 0.6 is 0 Å². The van der Waals surface area contributed by atoms with Gasteiger partial charge in [-0.3, -0.25) is 0 Å². The monoisotopic (exact) mass is 273 g/mol. The standard InChI is InChI=1S/C15H23N5/c1-4-16-13-9-20-8-7-17-15(20)14(19-13)18-12-6-5-10(2)11(12)3/h7-12,16H,4-6H2,1-3H3,(H,18,19). The van der Waals surface area contributed by atoms with Gasteiger partial charge in [0.1, 0.15) is 5.82 Å². The summed E-state index contributed by atoms with van der Waals surface area (Å²) in [5.41, 5.74) is 0.901. The number of imidazole rings is 1. The van der Waals surface area contributed by atoms with Crippen LogP contribution in [0.15, 0.2) is 18.6 Å². The topological polar surface area (TPSA) is 54.2 Å². The lowest BCUT2D eigenvalue weighted by atomic mass is 9.98. The van der Waals surface area contributed by atoms with E-state index < -0.39 is 0 Å². The fourth-order valence-electron chi connectivity index (χ4n) is 3.04. The molecule has 2 N–H and O–H groups in total. The van der Waals surface area contributed by atoms with E-state index in [9.17, 15) is 0 Å². The molecule has 0 saturated heterocycles. The Morgan fingerprint density at radius 3 is 2.90 bits per heavy atom. The van der Waals surface area contributed by atoms with Crippen LogP contribution in [0.1, 0.15) is 33.6 Å². The molecule has 0 amide bonds. The van der Waals surface area contributed by atoms with Crippen LogP contribution in [-0.2, 0) is 0 Å². The van der Waals surface area contributed by atoms with Gasteiger partial charge >= 0.3 is 0 Å². The maximum absolute atomic E-state index is 4.68. The van der Waals surface area contributed by atoms with Crippen molar-refractivity contribution in [3.63, 3.8) is 0 Å². The quantitative estimate of drug-likeness (QED) is 0.899. The minimum Gasteiger partial charge on any atom is -0.369 e. The lowest BCUT2D eigenvalue weighted by Crippen LogP contribution is -2.25. The van der Waals surface area contributed by atoms with Crippen LogP contribution in [0.25, 0.3) is 5.65 Å². The number of hydrogen-bond acceptors (Lipinski definition) is 4. The Morgan fingerprint density at radius 1 is 1.35 bits per heavy atom. The second-order valence-corrected chi connectivity index (χ2v) is 5.83. The number of fused-ring (bicyclic) bond motifs is 1. The Kier molecular flexibility index (Phi) is 3.51. The molecule has 1 aliphatic rings. The SMILES string of the molecule is CCNc1cn2ccnc2c(NC2CCC(C)C2C)n1. The highest BCUT2D eigenvalue weighted by atomic mass is 15.2. The van der Waals surface area contributed by atoms with Crippen molar-refractivity contribution in [2.45, 2.75) is 39.7 Å². The molecule has 3 atom stereocenters. The van der Waals surface area contributed by atoms with Crippen LogP contribution in [0, 0.1) is 11.8 Å². The molecule has 0 spiro atoms. The summed E-state index contributed by atoms with van der Waals surface area (Å²) in [6.07, 6.45) is 8.26. The third kappa shape index (κ3) is 2.32. The molecule has 0 bridgehead atoms. The minimum atomic E-state index is 0.495. The van der Waals surface area contributed by atoms with E-state index in [2.05, 4.69) is 41.4 Å². The highest BCUT2D eigenvalue weighted by molar-refractivity contribution is 5.65. The fourth-order valence-corrected chi connectivity index (χ4v) is 3.04. The van der Waals surface area contributed by atoms with Crippen molar-refractivity contribution in [2.75, 3.05) is 17.2 Å². The van der Waals surface area contributed by atoms with E-state index in [1.54, 1.807) is 0 Å². The second-order valence-electron chi connectivity index (χ2n) is 5.83. The molecular weight excluding hydrogens is 250 g/mol. The first-order valence-corrected chi connectivity index (χ1v) is 7.53. The highest BCUT2D eigenvalue weighted by Gasteiger charge is 2.30. The van der Waals surface area contributed by atoms with Crippen molar-refractivity contribution in [1.82, 2.24) is 14.4 Å². The van der Waals surface area contributed by atoms with Crippen LogP contribution in [-0.4, -0.2) is 27.0 Å². The number of hydrogen-bond donors (Lipinski definition) is 2. The van der Waals surface area contributed by atoms with Gasteiger partial charge in [-0.1, -0.05) is 13.8 Å². The molecule has 5 nitrogen and oxygen atoms in total. The summed E-state index contributed by atoms with van der Waals surface area (Å²) in [7, 11) is 0. The maximum atomic E-state index is 4.68. The molecule has 3 rings (SSSR count). The first kappa shape index (κ1) is 13.2. The first-order chi connectivity index (χ1) is 9.69. The zero-order chi connectivity index (χ0) is 14.1.